The van der Waals surface area contributed by atoms with Gasteiger partial charge in [0.2, 0.25) is 0 Å². The fourth-order valence-corrected chi connectivity index (χ4v) is 11.7. The first-order valence-electron chi connectivity index (χ1n) is 39.3. The van der Waals surface area contributed by atoms with Gasteiger partial charge in [-0.1, -0.05) is 347 Å². The maximum absolute atomic E-state index is 12.9. The highest BCUT2D eigenvalue weighted by molar-refractivity contribution is 7.47. The van der Waals surface area contributed by atoms with Crippen molar-refractivity contribution in [2.75, 3.05) is 47.5 Å². The van der Waals surface area contributed by atoms with Crippen molar-refractivity contribution < 1.29 is 42.1 Å². The Morgan fingerprint density at radius 1 is 0.340 bits per heavy atom. The molecule has 9 nitrogen and oxygen atoms in total. The number of quaternary nitrogens is 1. The SMILES string of the molecule is CC/C=C\C/C=C\C/C=C\C/C=C\C/C=C\C/C=C\C/C=C\C/C=C\CCCCCCCCCCCCCCC(=O)OC(COC(=O)CCCCCCCCCCCCCCCCCCCCCCC/C=C\C/C=C\CCCCCCC)COP(=O)(O)OCC[N+](C)(C)C. The summed E-state index contributed by atoms with van der Waals surface area (Å²) in [5.74, 6) is -0.790. The Labute approximate surface area is 581 Å². The molecule has 2 atom stereocenters. The third-order valence-corrected chi connectivity index (χ3v) is 18.0. The number of hydrogen-bond donors (Lipinski definition) is 1. The van der Waals surface area contributed by atoms with E-state index in [1.165, 1.54) is 218 Å². The maximum atomic E-state index is 12.9. The van der Waals surface area contributed by atoms with Crippen LogP contribution in [0.15, 0.2) is 122 Å². The third kappa shape index (κ3) is 77.4. The van der Waals surface area contributed by atoms with Gasteiger partial charge in [0.1, 0.15) is 19.8 Å². The molecule has 0 aliphatic rings. The van der Waals surface area contributed by atoms with Crippen molar-refractivity contribution in [1.29, 1.82) is 0 Å². The average Bonchev–Trinajstić information content (AvgIpc) is 1.56. The molecule has 0 spiro atoms. The van der Waals surface area contributed by atoms with Gasteiger partial charge in [0.25, 0.3) is 0 Å². The zero-order chi connectivity index (χ0) is 68.3. The van der Waals surface area contributed by atoms with Gasteiger partial charge in [-0.2, -0.15) is 0 Å². The van der Waals surface area contributed by atoms with Crippen molar-refractivity contribution in [1.82, 2.24) is 0 Å². The van der Waals surface area contributed by atoms with Crippen LogP contribution in [0.2, 0.25) is 0 Å². The summed E-state index contributed by atoms with van der Waals surface area (Å²) in [4.78, 5) is 36.0. The highest BCUT2D eigenvalue weighted by atomic mass is 31.2. The van der Waals surface area contributed by atoms with E-state index in [1.54, 1.807) is 0 Å². The first-order chi connectivity index (χ1) is 46.0. The Bertz CT molecular complexity index is 2010. The summed E-state index contributed by atoms with van der Waals surface area (Å²) in [5, 5.41) is 0. The van der Waals surface area contributed by atoms with Crippen LogP contribution in [0.1, 0.15) is 348 Å². The summed E-state index contributed by atoms with van der Waals surface area (Å²) in [6.07, 6.45) is 106. The Balaban J connectivity index is 4.00. The van der Waals surface area contributed by atoms with Crippen LogP contribution in [0.4, 0.5) is 0 Å². The van der Waals surface area contributed by atoms with E-state index >= 15 is 0 Å². The lowest BCUT2D eigenvalue weighted by Crippen LogP contribution is -2.37. The number of phosphoric acid groups is 1. The van der Waals surface area contributed by atoms with E-state index in [-0.39, 0.29) is 32.0 Å². The number of nitrogens with zero attached hydrogens (tertiary/aromatic N) is 1. The number of rotatable bonds is 72. The van der Waals surface area contributed by atoms with Crippen molar-refractivity contribution in [3.63, 3.8) is 0 Å². The number of esters is 2. The average molecular weight is 1330 g/mol. The van der Waals surface area contributed by atoms with E-state index in [1.807, 2.05) is 21.1 Å². The van der Waals surface area contributed by atoms with Gasteiger partial charge < -0.3 is 18.9 Å². The molecule has 0 amide bonds. The molecule has 0 rings (SSSR count). The zero-order valence-electron chi connectivity index (χ0n) is 61.9. The maximum Gasteiger partial charge on any atom is 0.472 e. The second kappa shape index (κ2) is 73.7. The molecule has 0 aliphatic heterocycles. The largest absolute Gasteiger partial charge is 0.472 e. The molecule has 1 N–H and O–H groups in total. The summed E-state index contributed by atoms with van der Waals surface area (Å²) in [5.41, 5.74) is 0. The summed E-state index contributed by atoms with van der Waals surface area (Å²) >= 11 is 0. The van der Waals surface area contributed by atoms with Crippen molar-refractivity contribution in [3.05, 3.63) is 122 Å². The van der Waals surface area contributed by atoms with Crippen LogP contribution in [-0.2, 0) is 32.7 Å². The summed E-state index contributed by atoms with van der Waals surface area (Å²) in [7, 11) is 1.48. The third-order valence-electron chi connectivity index (χ3n) is 17.0. The van der Waals surface area contributed by atoms with Crippen LogP contribution >= 0.6 is 7.82 Å². The van der Waals surface area contributed by atoms with E-state index in [9.17, 15) is 19.0 Å². The first kappa shape index (κ1) is 90.4. The molecule has 2 unspecified atom stereocenters. The minimum absolute atomic E-state index is 0.0284. The number of ether oxygens (including phenoxy) is 2. The topological polar surface area (TPSA) is 108 Å². The number of phosphoric ester groups is 1. The zero-order valence-corrected chi connectivity index (χ0v) is 62.8. The fraction of sp³-hybridized carbons (Fsp3) is 0.738. The quantitative estimate of drug-likeness (QED) is 0.0211. The summed E-state index contributed by atoms with van der Waals surface area (Å²) in [6, 6.07) is 0. The van der Waals surface area contributed by atoms with Gasteiger partial charge >= 0.3 is 19.8 Å². The fourth-order valence-electron chi connectivity index (χ4n) is 11.0. The molecule has 0 aromatic carbocycles. The Morgan fingerprint density at radius 3 is 0.904 bits per heavy atom. The highest BCUT2D eigenvalue weighted by Gasteiger charge is 2.27. The molecular weight excluding hydrogens is 1180 g/mol. The van der Waals surface area contributed by atoms with E-state index in [0.29, 0.717) is 17.4 Å². The number of allylic oxidation sites excluding steroid dienone is 20. The van der Waals surface area contributed by atoms with Crippen LogP contribution in [0.3, 0.4) is 0 Å². The van der Waals surface area contributed by atoms with Gasteiger partial charge in [0, 0.05) is 12.8 Å². The van der Waals surface area contributed by atoms with E-state index in [2.05, 4.69) is 135 Å². The number of unbranched alkanes of at least 4 members (excludes halogenated alkanes) is 38. The van der Waals surface area contributed by atoms with Crippen molar-refractivity contribution >= 4 is 19.8 Å². The minimum atomic E-state index is -4.40. The van der Waals surface area contributed by atoms with E-state index < -0.39 is 26.5 Å². The Morgan fingerprint density at radius 2 is 0.606 bits per heavy atom. The molecule has 0 fully saturated rings. The summed E-state index contributed by atoms with van der Waals surface area (Å²) in [6.45, 7) is 4.34. The van der Waals surface area contributed by atoms with Crippen LogP contribution in [0, 0.1) is 0 Å². The molecule has 0 bridgehead atoms. The molecule has 94 heavy (non-hydrogen) atoms. The van der Waals surface area contributed by atoms with E-state index in [4.69, 9.17) is 18.5 Å². The van der Waals surface area contributed by atoms with Crippen LogP contribution < -0.4 is 0 Å². The van der Waals surface area contributed by atoms with Gasteiger partial charge in [-0.3, -0.25) is 18.6 Å². The Kier molecular flexibility index (Phi) is 70.8. The summed E-state index contributed by atoms with van der Waals surface area (Å²) < 4.78 is 34.8. The molecule has 542 valence electrons. The predicted octanol–water partition coefficient (Wildman–Crippen LogP) is 26.2. The second-order valence-electron chi connectivity index (χ2n) is 27.4. The van der Waals surface area contributed by atoms with Crippen LogP contribution in [-0.4, -0.2) is 74.9 Å². The van der Waals surface area contributed by atoms with Crippen molar-refractivity contribution in [2.24, 2.45) is 0 Å². The van der Waals surface area contributed by atoms with Gasteiger partial charge in [-0.15, -0.1) is 0 Å². The number of likely N-dealkylation sites (N-methyl/N-ethyl adjacent to an activating group) is 1. The van der Waals surface area contributed by atoms with Gasteiger partial charge in [-0.05, 0) is 109 Å². The smallest absolute Gasteiger partial charge is 0.462 e. The number of carbonyl (C=O) groups is 2. The van der Waals surface area contributed by atoms with Crippen LogP contribution in [0.25, 0.3) is 0 Å². The monoisotopic (exact) mass is 1330 g/mol. The second-order valence-corrected chi connectivity index (χ2v) is 28.8. The molecule has 0 radical (unpaired) electrons. The van der Waals surface area contributed by atoms with Crippen molar-refractivity contribution in [2.45, 2.75) is 354 Å². The lowest BCUT2D eigenvalue weighted by molar-refractivity contribution is -0.870. The molecule has 0 aromatic rings. The van der Waals surface area contributed by atoms with Gasteiger partial charge in [0.15, 0.2) is 6.10 Å². The molecule has 0 saturated carbocycles. The van der Waals surface area contributed by atoms with Gasteiger partial charge in [-0.25, -0.2) is 4.57 Å². The number of hydrogen-bond acceptors (Lipinski definition) is 7. The standard InChI is InChI=1S/C84H148NO8P/c1-6-8-10-12-14-16-18-20-22-24-26-28-30-32-34-36-38-40-41-42-43-45-47-49-51-53-55-57-59-61-63-65-67-69-71-73-75-77-84(87)93-82(81-92-94(88,89)91-79-78-85(3,4)5)80-90-83(86)76-74-72-70-68-66-64-62-60-58-56-54-52-50-48-46-44-39-37-35-33-31-29-27-25-23-21-19-17-15-13-11-9-7-2/h8,10,14,16,19-22,25-28,32,34,38,40,42-43,47,49,82H,6-7,9,11-13,15,17-18,23-24,29-31,33,35-37,39,41,44-46,48,50-81H2,1-5H3/p+1/b10-8-,16-14-,21-19-,22-20-,27-25-,28-26-,34-32-,40-38-,43-42-,49-47-. The van der Waals surface area contributed by atoms with E-state index in [0.717, 1.165) is 96.3 Å². The normalized spacial score (nSPS) is 13.7. The number of carbonyl (C=O) groups excluding carboxylic acids is 2. The lowest BCUT2D eigenvalue weighted by atomic mass is 10.0. The predicted molar refractivity (Wildman–Crippen MR) is 408 cm³/mol. The van der Waals surface area contributed by atoms with Crippen LogP contribution in [0.5, 0.6) is 0 Å². The molecule has 10 heteroatoms. The lowest BCUT2D eigenvalue weighted by Gasteiger charge is -2.24. The van der Waals surface area contributed by atoms with Gasteiger partial charge in [0.05, 0.1) is 27.7 Å². The van der Waals surface area contributed by atoms with Crippen molar-refractivity contribution in [3.8, 4) is 0 Å². The molecule has 0 aromatic heterocycles. The molecule has 0 saturated heterocycles. The molecule has 0 aliphatic carbocycles. The first-order valence-corrected chi connectivity index (χ1v) is 40.8. The Hall–Kier alpha value is -3.59. The highest BCUT2D eigenvalue weighted by Crippen LogP contribution is 2.43. The molecular formula is C84H149NO8P+. The minimum Gasteiger partial charge on any atom is -0.462 e. The molecule has 0 heterocycles.